The van der Waals surface area contributed by atoms with E-state index in [1.54, 1.807) is 6.92 Å². The highest BCUT2D eigenvalue weighted by molar-refractivity contribution is 7.92. The number of nitrogens with zero attached hydrogens (tertiary/aromatic N) is 2. The highest BCUT2D eigenvalue weighted by Gasteiger charge is 2.30. The van der Waals surface area contributed by atoms with Gasteiger partial charge in [-0.25, -0.2) is 12.8 Å². The monoisotopic (exact) mass is 463 g/mol. The summed E-state index contributed by atoms with van der Waals surface area (Å²) in [5.74, 6) is -1.39. The molecule has 2 amide bonds. The quantitative estimate of drug-likeness (QED) is 0.587. The zero-order chi connectivity index (χ0) is 23.9. The molecule has 0 saturated heterocycles. The molecule has 2 aromatic carbocycles. The highest BCUT2D eigenvalue weighted by atomic mass is 32.2. The number of sulfonamides is 1. The predicted molar refractivity (Wildman–Crippen MR) is 123 cm³/mol. The summed E-state index contributed by atoms with van der Waals surface area (Å²) in [4.78, 5) is 27.4. The minimum atomic E-state index is -3.84. The van der Waals surface area contributed by atoms with E-state index in [0.29, 0.717) is 0 Å². The summed E-state index contributed by atoms with van der Waals surface area (Å²) in [5.41, 5.74) is 0.968. The fraction of sp³-hybridized carbons (Fsp3) is 0.391. The number of nitrogens with one attached hydrogen (secondary N) is 1. The van der Waals surface area contributed by atoms with Crippen molar-refractivity contribution in [1.82, 2.24) is 10.2 Å². The molecule has 0 saturated carbocycles. The smallest absolute Gasteiger partial charge is 0.244 e. The maximum atomic E-state index is 13.3. The van der Waals surface area contributed by atoms with E-state index < -0.39 is 34.3 Å². The number of hydrogen-bond donors (Lipinski definition) is 1. The number of benzene rings is 2. The Morgan fingerprint density at radius 3 is 2.16 bits per heavy atom. The lowest BCUT2D eigenvalue weighted by atomic mass is 10.1. The molecule has 174 valence electrons. The SMILES string of the molecule is CC[C@H](C)NC(=O)[C@H](C)N(Cc1ccccc1)C(=O)CN(c1ccc(F)cc1)S(C)(=O)=O. The summed E-state index contributed by atoms with van der Waals surface area (Å²) in [5, 5.41) is 2.87. The molecule has 0 aliphatic rings. The number of anilines is 1. The third-order valence-electron chi connectivity index (χ3n) is 5.16. The molecule has 0 aliphatic carbocycles. The lowest BCUT2D eigenvalue weighted by Gasteiger charge is -2.32. The van der Waals surface area contributed by atoms with Gasteiger partial charge < -0.3 is 10.2 Å². The number of halogens is 1. The van der Waals surface area contributed by atoms with Gasteiger partial charge >= 0.3 is 0 Å². The Labute approximate surface area is 189 Å². The first kappa shape index (κ1) is 25.3. The van der Waals surface area contributed by atoms with E-state index in [9.17, 15) is 22.4 Å². The Balaban J connectivity index is 2.34. The Hall–Kier alpha value is -2.94. The molecular weight excluding hydrogens is 433 g/mol. The van der Waals surface area contributed by atoms with Crippen molar-refractivity contribution in [2.75, 3.05) is 17.1 Å². The summed E-state index contributed by atoms with van der Waals surface area (Å²) in [7, 11) is -3.84. The average Bonchev–Trinajstić information content (AvgIpc) is 2.75. The highest BCUT2D eigenvalue weighted by Crippen LogP contribution is 2.19. The molecule has 2 atom stereocenters. The van der Waals surface area contributed by atoms with Crippen molar-refractivity contribution >= 4 is 27.5 Å². The summed E-state index contributed by atoms with van der Waals surface area (Å²) < 4.78 is 39.0. The Morgan fingerprint density at radius 1 is 1.03 bits per heavy atom. The molecule has 2 aromatic rings. The van der Waals surface area contributed by atoms with Gasteiger partial charge in [0.05, 0.1) is 11.9 Å². The number of hydrogen-bond acceptors (Lipinski definition) is 4. The number of carbonyl (C=O) groups excluding carboxylic acids is 2. The van der Waals surface area contributed by atoms with Crippen molar-refractivity contribution in [3.05, 3.63) is 66.0 Å². The van der Waals surface area contributed by atoms with Gasteiger partial charge in [0.15, 0.2) is 0 Å². The molecule has 7 nitrogen and oxygen atoms in total. The molecule has 9 heteroatoms. The van der Waals surface area contributed by atoms with E-state index >= 15 is 0 Å². The summed E-state index contributed by atoms with van der Waals surface area (Å²) in [6.45, 7) is 5.04. The maximum absolute atomic E-state index is 13.3. The van der Waals surface area contributed by atoms with E-state index in [2.05, 4.69) is 5.32 Å². The van der Waals surface area contributed by atoms with Crippen LogP contribution in [0.1, 0.15) is 32.8 Å². The van der Waals surface area contributed by atoms with Crippen molar-refractivity contribution < 1.29 is 22.4 Å². The van der Waals surface area contributed by atoms with Gasteiger partial charge in [0.1, 0.15) is 18.4 Å². The minimum absolute atomic E-state index is 0.0645. The van der Waals surface area contributed by atoms with Crippen LogP contribution >= 0.6 is 0 Å². The fourth-order valence-corrected chi connectivity index (χ4v) is 3.90. The zero-order valence-corrected chi connectivity index (χ0v) is 19.6. The van der Waals surface area contributed by atoms with Gasteiger partial charge in [0.25, 0.3) is 0 Å². The van der Waals surface area contributed by atoms with Crippen LogP contribution in [0.3, 0.4) is 0 Å². The van der Waals surface area contributed by atoms with Crippen LogP contribution in [0.5, 0.6) is 0 Å². The van der Waals surface area contributed by atoms with Crippen LogP contribution in [0.25, 0.3) is 0 Å². The van der Waals surface area contributed by atoms with Gasteiger partial charge in [-0.1, -0.05) is 37.3 Å². The lowest BCUT2D eigenvalue weighted by Crippen LogP contribution is -2.52. The first-order valence-electron chi connectivity index (χ1n) is 10.4. The number of rotatable bonds is 10. The molecule has 0 fully saturated rings. The molecule has 0 aromatic heterocycles. The van der Waals surface area contributed by atoms with Crippen LogP contribution in [-0.2, 0) is 26.2 Å². The largest absolute Gasteiger partial charge is 0.352 e. The summed E-state index contributed by atoms with van der Waals surface area (Å²) in [6, 6.07) is 13.1. The molecule has 0 bridgehead atoms. The molecule has 0 unspecified atom stereocenters. The second-order valence-corrected chi connectivity index (χ2v) is 9.65. The molecule has 0 aliphatic heterocycles. The predicted octanol–water partition coefficient (Wildman–Crippen LogP) is 2.92. The molecule has 1 N–H and O–H groups in total. The van der Waals surface area contributed by atoms with Gasteiger partial charge in [-0.15, -0.1) is 0 Å². The summed E-state index contributed by atoms with van der Waals surface area (Å²) >= 11 is 0. The van der Waals surface area contributed by atoms with E-state index in [1.807, 2.05) is 44.2 Å². The van der Waals surface area contributed by atoms with Crippen molar-refractivity contribution in [3.63, 3.8) is 0 Å². The van der Waals surface area contributed by atoms with Gasteiger partial charge in [0.2, 0.25) is 21.8 Å². The second-order valence-electron chi connectivity index (χ2n) is 7.75. The van der Waals surface area contributed by atoms with E-state index in [4.69, 9.17) is 0 Å². The Bertz CT molecular complexity index is 1010. The zero-order valence-electron chi connectivity index (χ0n) is 18.8. The van der Waals surface area contributed by atoms with Gasteiger partial charge in [0, 0.05) is 12.6 Å². The van der Waals surface area contributed by atoms with Gasteiger partial charge in [-0.3, -0.25) is 13.9 Å². The molecular formula is C23H30FN3O4S. The second kappa shape index (κ2) is 11.1. The van der Waals surface area contributed by atoms with Gasteiger partial charge in [-0.05, 0) is 50.1 Å². The number of carbonyl (C=O) groups is 2. The first-order valence-corrected chi connectivity index (χ1v) is 12.2. The topological polar surface area (TPSA) is 86.8 Å². The van der Waals surface area contributed by atoms with Crippen molar-refractivity contribution in [3.8, 4) is 0 Å². The molecule has 2 rings (SSSR count). The third kappa shape index (κ3) is 7.05. The average molecular weight is 464 g/mol. The lowest BCUT2D eigenvalue weighted by molar-refractivity contribution is -0.139. The third-order valence-corrected chi connectivity index (χ3v) is 6.30. The Morgan fingerprint density at radius 2 is 1.62 bits per heavy atom. The maximum Gasteiger partial charge on any atom is 0.244 e. The van der Waals surface area contributed by atoms with Crippen molar-refractivity contribution in [2.24, 2.45) is 0 Å². The Kier molecular flexibility index (Phi) is 8.77. The van der Waals surface area contributed by atoms with Crippen LogP contribution in [0.2, 0.25) is 0 Å². The molecule has 32 heavy (non-hydrogen) atoms. The van der Waals surface area contributed by atoms with Crippen molar-refractivity contribution in [1.29, 1.82) is 0 Å². The van der Waals surface area contributed by atoms with Crippen LogP contribution in [-0.4, -0.2) is 50.0 Å². The molecule has 0 radical (unpaired) electrons. The van der Waals surface area contributed by atoms with E-state index in [0.717, 1.165) is 34.7 Å². The first-order chi connectivity index (χ1) is 15.0. The van der Waals surface area contributed by atoms with Crippen molar-refractivity contribution in [2.45, 2.75) is 45.8 Å². The molecule has 0 spiro atoms. The minimum Gasteiger partial charge on any atom is -0.352 e. The summed E-state index contributed by atoms with van der Waals surface area (Å²) in [6.07, 6.45) is 1.71. The molecule has 0 heterocycles. The van der Waals surface area contributed by atoms with E-state index in [1.165, 1.54) is 17.0 Å². The van der Waals surface area contributed by atoms with Crippen LogP contribution in [0, 0.1) is 5.82 Å². The van der Waals surface area contributed by atoms with Gasteiger partial charge in [-0.2, -0.15) is 0 Å². The number of amides is 2. The normalized spacial score (nSPS) is 13.2. The standard InChI is InChI=1S/C23H30FN3O4S/c1-5-17(2)25-23(29)18(3)26(15-19-9-7-6-8-10-19)22(28)16-27(32(4,30)31)21-13-11-20(24)12-14-21/h6-14,17-18H,5,15-16H2,1-4H3,(H,25,29)/t17-,18-/m0/s1. The van der Waals surface area contributed by atoms with Crippen LogP contribution < -0.4 is 9.62 Å². The van der Waals surface area contributed by atoms with Crippen LogP contribution in [0.15, 0.2) is 54.6 Å². The fourth-order valence-electron chi connectivity index (χ4n) is 3.05. The van der Waals surface area contributed by atoms with Crippen LogP contribution in [0.4, 0.5) is 10.1 Å². The van der Waals surface area contributed by atoms with E-state index in [-0.39, 0.29) is 24.2 Å².